The van der Waals surface area contributed by atoms with Gasteiger partial charge in [0.1, 0.15) is 0 Å². The summed E-state index contributed by atoms with van der Waals surface area (Å²) in [4.78, 5) is 27.3. The summed E-state index contributed by atoms with van der Waals surface area (Å²) < 4.78 is 10.7. The molecule has 1 atom stereocenters. The molecule has 1 spiro atoms. The number of urea groups is 1. The van der Waals surface area contributed by atoms with Crippen molar-refractivity contribution in [2.45, 2.75) is 50.1 Å². The number of piperidine rings is 1. The quantitative estimate of drug-likeness (QED) is 0.582. The van der Waals surface area contributed by atoms with Gasteiger partial charge in [-0.15, -0.1) is 11.8 Å². The third-order valence-electron chi connectivity index (χ3n) is 6.87. The van der Waals surface area contributed by atoms with E-state index in [1.54, 1.807) is 11.8 Å². The number of rotatable bonds is 5. The zero-order valence-corrected chi connectivity index (χ0v) is 21.0. The minimum atomic E-state index is -0.242. The van der Waals surface area contributed by atoms with Crippen LogP contribution in [0.2, 0.25) is 0 Å². The number of thioether (sulfide) groups is 1. The van der Waals surface area contributed by atoms with Crippen LogP contribution >= 0.6 is 11.8 Å². The molecule has 0 bridgehead atoms. The number of carbonyl (C=O) groups is 2. The van der Waals surface area contributed by atoms with Crippen molar-refractivity contribution >= 4 is 29.4 Å². The van der Waals surface area contributed by atoms with Crippen molar-refractivity contribution in [2.75, 3.05) is 31.0 Å². The maximum Gasteiger partial charge on any atom is 0.321 e. The highest BCUT2D eigenvalue weighted by atomic mass is 32.2. The number of hydrogen-bond acceptors (Lipinski definition) is 6. The van der Waals surface area contributed by atoms with Gasteiger partial charge in [-0.1, -0.05) is 32.0 Å². The number of amides is 3. The van der Waals surface area contributed by atoms with Gasteiger partial charge in [0.05, 0.1) is 10.9 Å². The normalized spacial score (nSPS) is 20.3. The van der Waals surface area contributed by atoms with Crippen LogP contribution in [0.4, 0.5) is 10.5 Å². The van der Waals surface area contributed by atoms with Crippen molar-refractivity contribution in [1.29, 1.82) is 0 Å². The maximum absolute atomic E-state index is 12.8. The molecular formula is C26H32N4O4S. The van der Waals surface area contributed by atoms with E-state index in [2.05, 4.69) is 41.9 Å². The van der Waals surface area contributed by atoms with Crippen LogP contribution < -0.4 is 25.4 Å². The number of nitrogens with one attached hydrogen (secondary N) is 3. The van der Waals surface area contributed by atoms with Gasteiger partial charge in [0.15, 0.2) is 11.5 Å². The van der Waals surface area contributed by atoms with Crippen molar-refractivity contribution in [3.63, 3.8) is 0 Å². The molecule has 3 aliphatic rings. The second-order valence-corrected chi connectivity index (χ2v) is 11.0. The van der Waals surface area contributed by atoms with Crippen LogP contribution in [0.1, 0.15) is 43.7 Å². The molecule has 2 aromatic rings. The minimum absolute atomic E-state index is 0.00272. The lowest BCUT2D eigenvalue weighted by Gasteiger charge is -2.39. The van der Waals surface area contributed by atoms with Crippen molar-refractivity contribution in [3.05, 3.63) is 53.6 Å². The summed E-state index contributed by atoms with van der Waals surface area (Å²) in [6, 6.07) is 13.4. The fraction of sp³-hybridized carbons (Fsp3) is 0.462. The molecule has 3 aliphatic heterocycles. The van der Waals surface area contributed by atoms with Crippen LogP contribution in [-0.2, 0) is 11.3 Å². The van der Waals surface area contributed by atoms with Crippen LogP contribution in [0.15, 0.2) is 42.5 Å². The predicted octanol–water partition coefficient (Wildman–Crippen LogP) is 3.88. The van der Waals surface area contributed by atoms with Crippen LogP contribution in [0, 0.1) is 0 Å². The van der Waals surface area contributed by atoms with Crippen molar-refractivity contribution in [1.82, 2.24) is 15.5 Å². The summed E-state index contributed by atoms with van der Waals surface area (Å²) in [6.45, 7) is 6.29. The van der Waals surface area contributed by atoms with Crippen molar-refractivity contribution in [3.8, 4) is 11.5 Å². The topological polar surface area (TPSA) is 91.9 Å². The molecule has 8 nitrogen and oxygen atoms in total. The lowest BCUT2D eigenvalue weighted by molar-refractivity contribution is -0.122. The molecule has 0 saturated carbocycles. The zero-order chi connectivity index (χ0) is 24.4. The Labute approximate surface area is 210 Å². The number of benzene rings is 2. The first-order chi connectivity index (χ1) is 16.9. The van der Waals surface area contributed by atoms with E-state index in [9.17, 15) is 9.59 Å². The first kappa shape index (κ1) is 23.8. The average Bonchev–Trinajstić information content (AvgIpc) is 3.50. The molecule has 186 valence electrons. The van der Waals surface area contributed by atoms with Gasteiger partial charge in [-0.25, -0.2) is 4.79 Å². The molecular weight excluding hydrogens is 464 g/mol. The predicted molar refractivity (Wildman–Crippen MR) is 137 cm³/mol. The van der Waals surface area contributed by atoms with Gasteiger partial charge >= 0.3 is 6.03 Å². The van der Waals surface area contributed by atoms with E-state index in [-0.39, 0.29) is 29.6 Å². The number of anilines is 1. The first-order valence-electron chi connectivity index (χ1n) is 12.1. The summed E-state index contributed by atoms with van der Waals surface area (Å²) in [5, 5.41) is 9.60. The molecule has 0 radical (unpaired) electrons. The summed E-state index contributed by atoms with van der Waals surface area (Å²) >= 11 is 1.80. The molecule has 9 heteroatoms. The van der Waals surface area contributed by atoms with Crippen molar-refractivity contribution < 1.29 is 19.1 Å². The fourth-order valence-corrected chi connectivity index (χ4v) is 6.08. The molecule has 5 rings (SSSR count). The van der Waals surface area contributed by atoms with Gasteiger partial charge < -0.3 is 25.0 Å². The Morgan fingerprint density at radius 2 is 1.86 bits per heavy atom. The van der Waals surface area contributed by atoms with Gasteiger partial charge in [-0.2, -0.15) is 0 Å². The van der Waals surface area contributed by atoms with E-state index < -0.39 is 0 Å². The zero-order valence-electron chi connectivity index (χ0n) is 20.1. The van der Waals surface area contributed by atoms with E-state index in [1.165, 1.54) is 5.56 Å². The second-order valence-electron chi connectivity index (χ2n) is 9.60. The number of nitrogens with zero attached hydrogens (tertiary/aromatic N) is 1. The number of ether oxygens (including phenoxy) is 2. The lowest BCUT2D eigenvalue weighted by atomic mass is 10.0. The Kier molecular flexibility index (Phi) is 6.80. The second kappa shape index (κ2) is 9.99. The number of carbonyl (C=O) groups excluding carboxylic acids is 2. The smallest absolute Gasteiger partial charge is 0.321 e. The molecule has 0 aromatic heterocycles. The van der Waals surface area contributed by atoms with Gasteiger partial charge in [-0.05, 0) is 54.2 Å². The molecule has 2 saturated heterocycles. The van der Waals surface area contributed by atoms with E-state index in [1.807, 2.05) is 35.2 Å². The summed E-state index contributed by atoms with van der Waals surface area (Å²) in [5.74, 6) is 2.64. The summed E-state index contributed by atoms with van der Waals surface area (Å²) in [6.07, 6.45) is 1.62. The number of hydrogen-bond donors (Lipinski definition) is 3. The van der Waals surface area contributed by atoms with Gasteiger partial charge in [0, 0.05) is 31.1 Å². The van der Waals surface area contributed by atoms with Gasteiger partial charge in [0.2, 0.25) is 12.7 Å². The van der Waals surface area contributed by atoms with Crippen LogP contribution in [0.25, 0.3) is 0 Å². The summed E-state index contributed by atoms with van der Waals surface area (Å²) in [5.41, 5.74) is 3.04. The molecule has 3 amide bonds. The standard InChI is InChI=1S/C26H32N4O4S/c1-17(2)19-4-6-20(7-5-19)28-25(32)30-11-9-26(10-12-30)29-21(15-35-26)24(31)27-14-18-3-8-22-23(13-18)34-16-33-22/h3-8,13,17,21,29H,9-12,14-16H2,1-2H3,(H,27,31)(H,28,32). The van der Waals surface area contributed by atoms with Gasteiger partial charge in [-0.3, -0.25) is 10.1 Å². The molecule has 2 aromatic carbocycles. The van der Waals surface area contributed by atoms with E-state index in [4.69, 9.17) is 9.47 Å². The van der Waals surface area contributed by atoms with Crippen LogP contribution in [0.5, 0.6) is 11.5 Å². The highest BCUT2D eigenvalue weighted by Gasteiger charge is 2.44. The Bertz CT molecular complexity index is 1080. The first-order valence-corrected chi connectivity index (χ1v) is 13.1. The van der Waals surface area contributed by atoms with Crippen molar-refractivity contribution in [2.24, 2.45) is 0 Å². The van der Waals surface area contributed by atoms with E-state index >= 15 is 0 Å². The number of likely N-dealkylation sites (tertiary alicyclic amines) is 1. The highest BCUT2D eigenvalue weighted by molar-refractivity contribution is 8.01. The van der Waals surface area contributed by atoms with Gasteiger partial charge in [0.25, 0.3) is 0 Å². The Balaban J connectivity index is 1.08. The van der Waals surface area contributed by atoms with Crippen LogP contribution in [0.3, 0.4) is 0 Å². The van der Waals surface area contributed by atoms with E-state index in [0.29, 0.717) is 31.3 Å². The molecule has 2 fully saturated rings. The molecule has 1 unspecified atom stereocenters. The minimum Gasteiger partial charge on any atom is -0.454 e. The molecule has 3 N–H and O–H groups in total. The molecule has 3 heterocycles. The third-order valence-corrected chi connectivity index (χ3v) is 8.45. The Hall–Kier alpha value is -2.91. The van der Waals surface area contributed by atoms with E-state index in [0.717, 1.165) is 35.6 Å². The monoisotopic (exact) mass is 496 g/mol. The Morgan fingerprint density at radius 1 is 1.11 bits per heavy atom. The van der Waals surface area contributed by atoms with Crippen LogP contribution in [-0.4, -0.2) is 53.4 Å². The SMILES string of the molecule is CC(C)c1ccc(NC(=O)N2CCC3(CC2)NC(C(=O)NCc2ccc4c(c2)OCO4)CS3)cc1. The number of fused-ring (bicyclic) bond motifs is 1. The molecule has 0 aliphatic carbocycles. The fourth-order valence-electron chi connectivity index (χ4n) is 4.66. The largest absolute Gasteiger partial charge is 0.454 e. The average molecular weight is 497 g/mol. The molecule has 35 heavy (non-hydrogen) atoms. The highest BCUT2D eigenvalue weighted by Crippen LogP contribution is 2.39. The maximum atomic E-state index is 12.8. The Morgan fingerprint density at radius 3 is 2.60 bits per heavy atom. The summed E-state index contributed by atoms with van der Waals surface area (Å²) in [7, 11) is 0. The third kappa shape index (κ3) is 5.36. The lowest BCUT2D eigenvalue weighted by Crippen LogP contribution is -2.54.